The Bertz CT molecular complexity index is 938. The summed E-state index contributed by atoms with van der Waals surface area (Å²) < 4.78 is 11.9. The molecule has 0 aliphatic rings. The predicted molar refractivity (Wildman–Crippen MR) is 108 cm³/mol. The number of amides is 1. The Hall–Kier alpha value is -2.24. The lowest BCUT2D eigenvalue weighted by atomic mass is 10.2. The van der Waals surface area contributed by atoms with Crippen LogP contribution in [0.4, 0.5) is 5.69 Å². The van der Waals surface area contributed by atoms with Gasteiger partial charge in [-0.15, -0.1) is 11.3 Å². The second-order valence-electron chi connectivity index (χ2n) is 5.93. The van der Waals surface area contributed by atoms with E-state index in [1.165, 1.54) is 11.3 Å². The van der Waals surface area contributed by atoms with Crippen molar-refractivity contribution in [3.8, 4) is 11.5 Å². The number of carbonyl (C=O) groups is 1. The maximum absolute atomic E-state index is 12.7. The van der Waals surface area contributed by atoms with Crippen molar-refractivity contribution in [2.75, 3.05) is 12.4 Å². The average molecular weight is 390 g/mol. The van der Waals surface area contributed by atoms with Gasteiger partial charge in [0, 0.05) is 21.8 Å². The van der Waals surface area contributed by atoms with Crippen LogP contribution in [0.15, 0.2) is 42.5 Å². The Balaban J connectivity index is 1.83. The Kier molecular flexibility index (Phi) is 5.69. The van der Waals surface area contributed by atoms with Crippen LogP contribution < -0.4 is 14.8 Å². The fraction of sp³-hybridized carbons (Fsp3) is 0.250. The first-order valence-electron chi connectivity index (χ1n) is 8.36. The van der Waals surface area contributed by atoms with E-state index in [2.05, 4.69) is 12.2 Å². The smallest absolute Gasteiger partial charge is 0.267 e. The number of carbonyl (C=O) groups excluding carboxylic acids is 1. The number of ether oxygens (including phenoxy) is 2. The van der Waals surface area contributed by atoms with Crippen molar-refractivity contribution < 1.29 is 14.3 Å². The second kappa shape index (κ2) is 7.98. The number of hydrogen-bond donors (Lipinski definition) is 1. The summed E-state index contributed by atoms with van der Waals surface area (Å²) in [4.78, 5) is 13.2. The average Bonchev–Trinajstić information content (AvgIpc) is 2.98. The van der Waals surface area contributed by atoms with E-state index in [4.69, 9.17) is 21.1 Å². The molecule has 0 radical (unpaired) electrons. The van der Waals surface area contributed by atoms with Gasteiger partial charge in [-0.05, 0) is 43.7 Å². The van der Waals surface area contributed by atoms with E-state index in [1.807, 2.05) is 49.4 Å². The SMILES string of the molecule is CCC(C)Oc1cccc(NC(=O)c2sc3cc(OC)ccc3c2Cl)c1. The van der Waals surface area contributed by atoms with E-state index in [1.54, 1.807) is 7.11 Å². The molecule has 0 fully saturated rings. The molecular formula is C20H20ClNO3S. The minimum absolute atomic E-state index is 0.118. The van der Waals surface area contributed by atoms with Gasteiger partial charge in [0.25, 0.3) is 5.91 Å². The summed E-state index contributed by atoms with van der Waals surface area (Å²) in [5, 5.41) is 4.20. The van der Waals surface area contributed by atoms with Crippen LogP contribution in [0, 0.1) is 0 Å². The second-order valence-corrected chi connectivity index (χ2v) is 7.36. The van der Waals surface area contributed by atoms with Crippen LogP contribution >= 0.6 is 22.9 Å². The van der Waals surface area contributed by atoms with Crippen molar-refractivity contribution in [3.63, 3.8) is 0 Å². The molecule has 3 rings (SSSR count). The molecule has 0 saturated carbocycles. The van der Waals surface area contributed by atoms with Gasteiger partial charge in [0.05, 0.1) is 18.2 Å². The zero-order chi connectivity index (χ0) is 18.7. The molecule has 1 atom stereocenters. The highest BCUT2D eigenvalue weighted by Crippen LogP contribution is 2.37. The number of anilines is 1. The molecule has 1 aromatic heterocycles. The van der Waals surface area contributed by atoms with Crippen molar-refractivity contribution in [2.24, 2.45) is 0 Å². The van der Waals surface area contributed by atoms with E-state index in [-0.39, 0.29) is 12.0 Å². The number of rotatable bonds is 6. The summed E-state index contributed by atoms with van der Waals surface area (Å²) >= 11 is 7.76. The third-order valence-electron chi connectivity index (χ3n) is 4.05. The number of benzene rings is 2. The molecule has 0 saturated heterocycles. The van der Waals surface area contributed by atoms with Gasteiger partial charge in [-0.25, -0.2) is 0 Å². The number of hydrogen-bond acceptors (Lipinski definition) is 4. The van der Waals surface area contributed by atoms with Crippen LogP contribution in [0.2, 0.25) is 5.02 Å². The highest BCUT2D eigenvalue weighted by Gasteiger charge is 2.18. The van der Waals surface area contributed by atoms with Crippen LogP contribution in [0.25, 0.3) is 10.1 Å². The molecule has 1 unspecified atom stereocenters. The van der Waals surface area contributed by atoms with Gasteiger partial charge >= 0.3 is 0 Å². The Labute approximate surface area is 161 Å². The van der Waals surface area contributed by atoms with Crippen molar-refractivity contribution >= 4 is 44.6 Å². The van der Waals surface area contributed by atoms with E-state index >= 15 is 0 Å². The van der Waals surface area contributed by atoms with Gasteiger partial charge in [-0.3, -0.25) is 4.79 Å². The molecule has 1 heterocycles. The van der Waals surface area contributed by atoms with Crippen LogP contribution in [0.1, 0.15) is 29.9 Å². The lowest BCUT2D eigenvalue weighted by molar-refractivity contribution is 0.103. The summed E-state index contributed by atoms with van der Waals surface area (Å²) in [5.41, 5.74) is 0.668. The quantitative estimate of drug-likeness (QED) is 0.563. The van der Waals surface area contributed by atoms with Gasteiger partial charge in [-0.2, -0.15) is 0 Å². The highest BCUT2D eigenvalue weighted by atomic mass is 35.5. The lowest BCUT2D eigenvalue weighted by Gasteiger charge is -2.13. The minimum Gasteiger partial charge on any atom is -0.497 e. The molecule has 136 valence electrons. The summed E-state index contributed by atoms with van der Waals surface area (Å²) in [6.07, 6.45) is 1.03. The third kappa shape index (κ3) is 3.94. The van der Waals surface area contributed by atoms with Gasteiger partial charge < -0.3 is 14.8 Å². The van der Waals surface area contributed by atoms with E-state index < -0.39 is 0 Å². The Morgan fingerprint density at radius 1 is 1.23 bits per heavy atom. The molecule has 3 aromatic rings. The van der Waals surface area contributed by atoms with E-state index in [9.17, 15) is 4.79 Å². The summed E-state index contributed by atoms with van der Waals surface area (Å²) in [7, 11) is 1.61. The minimum atomic E-state index is -0.240. The first kappa shape index (κ1) is 18.5. The standard InChI is InChI=1S/C20H20ClNO3S/c1-4-12(2)25-15-7-5-6-13(10-15)22-20(23)19-18(21)16-9-8-14(24-3)11-17(16)26-19/h5-12H,4H2,1-3H3,(H,22,23). The summed E-state index contributed by atoms with van der Waals surface area (Å²) in [6, 6.07) is 12.9. The maximum Gasteiger partial charge on any atom is 0.267 e. The fourth-order valence-electron chi connectivity index (χ4n) is 2.47. The van der Waals surface area contributed by atoms with Crippen molar-refractivity contribution in [2.45, 2.75) is 26.4 Å². The largest absolute Gasteiger partial charge is 0.497 e. The molecular weight excluding hydrogens is 370 g/mol. The lowest BCUT2D eigenvalue weighted by Crippen LogP contribution is -2.12. The number of methoxy groups -OCH3 is 1. The van der Waals surface area contributed by atoms with Crippen molar-refractivity contribution in [1.29, 1.82) is 0 Å². The molecule has 4 nitrogen and oxygen atoms in total. The number of halogens is 1. The normalized spacial score (nSPS) is 12.0. The monoisotopic (exact) mass is 389 g/mol. The predicted octanol–water partition coefficient (Wildman–Crippen LogP) is 5.99. The first-order valence-corrected chi connectivity index (χ1v) is 9.55. The Morgan fingerprint density at radius 2 is 2.04 bits per heavy atom. The Morgan fingerprint density at radius 3 is 2.77 bits per heavy atom. The molecule has 0 bridgehead atoms. The molecule has 0 spiro atoms. The molecule has 1 N–H and O–H groups in total. The molecule has 0 aliphatic carbocycles. The van der Waals surface area contributed by atoms with Gasteiger partial charge in [-0.1, -0.05) is 24.6 Å². The topological polar surface area (TPSA) is 47.6 Å². The van der Waals surface area contributed by atoms with Crippen LogP contribution in [0.5, 0.6) is 11.5 Å². The van der Waals surface area contributed by atoms with Crippen LogP contribution in [0.3, 0.4) is 0 Å². The van der Waals surface area contributed by atoms with Gasteiger partial charge in [0.15, 0.2) is 0 Å². The molecule has 2 aromatic carbocycles. The summed E-state index contributed by atoms with van der Waals surface area (Å²) in [6.45, 7) is 4.07. The van der Waals surface area contributed by atoms with Crippen molar-refractivity contribution in [1.82, 2.24) is 0 Å². The van der Waals surface area contributed by atoms with E-state index in [0.29, 0.717) is 15.6 Å². The zero-order valence-corrected chi connectivity index (χ0v) is 16.4. The number of thiophene rings is 1. The van der Waals surface area contributed by atoms with Crippen molar-refractivity contribution in [3.05, 3.63) is 52.4 Å². The molecule has 0 aliphatic heterocycles. The number of nitrogens with one attached hydrogen (secondary N) is 1. The third-order valence-corrected chi connectivity index (χ3v) is 5.70. The van der Waals surface area contributed by atoms with E-state index in [0.717, 1.165) is 28.0 Å². The zero-order valence-electron chi connectivity index (χ0n) is 14.8. The summed E-state index contributed by atoms with van der Waals surface area (Å²) in [5.74, 6) is 1.22. The van der Waals surface area contributed by atoms with Crippen LogP contribution in [-0.4, -0.2) is 19.1 Å². The highest BCUT2D eigenvalue weighted by molar-refractivity contribution is 7.21. The van der Waals surface area contributed by atoms with Gasteiger partial charge in [0.2, 0.25) is 0 Å². The maximum atomic E-state index is 12.7. The molecule has 6 heteroatoms. The fourth-order valence-corrected chi connectivity index (χ4v) is 3.91. The molecule has 1 amide bonds. The molecule has 26 heavy (non-hydrogen) atoms. The first-order chi connectivity index (χ1) is 12.5. The van der Waals surface area contributed by atoms with Crippen LogP contribution in [-0.2, 0) is 0 Å². The number of fused-ring (bicyclic) bond motifs is 1. The van der Waals surface area contributed by atoms with Gasteiger partial charge in [0.1, 0.15) is 16.4 Å².